The predicted octanol–water partition coefficient (Wildman–Crippen LogP) is 4.40. The normalized spacial score (nSPS) is 11.2. The molecule has 3 aromatic carbocycles. The fourth-order valence-electron chi connectivity index (χ4n) is 3.18. The minimum absolute atomic E-state index is 0.662. The van der Waals surface area contributed by atoms with Gasteiger partial charge in [-0.25, -0.2) is 4.98 Å². The fourth-order valence-corrected chi connectivity index (χ4v) is 3.18. The van der Waals surface area contributed by atoms with Crippen LogP contribution in [0, 0.1) is 0 Å². The average molecular weight is 331 g/mol. The van der Waals surface area contributed by atoms with Crippen molar-refractivity contribution in [3.8, 4) is 5.75 Å². The Hall–Kier alpha value is -2.85. The molecular weight excluding hydrogens is 310 g/mol. The number of fused-ring (bicyclic) bond motifs is 2. The van der Waals surface area contributed by atoms with Crippen LogP contribution >= 0.6 is 0 Å². The van der Waals surface area contributed by atoms with Crippen LogP contribution < -0.4 is 10.1 Å². The number of nitrogens with zero attached hydrogens (tertiary/aromatic N) is 1. The second-order valence-electron chi connectivity index (χ2n) is 6.00. The van der Waals surface area contributed by atoms with Gasteiger partial charge in [0.1, 0.15) is 11.6 Å². The van der Waals surface area contributed by atoms with E-state index in [0.717, 1.165) is 29.2 Å². The Bertz CT molecular complexity index is 973. The molecule has 4 aromatic rings. The van der Waals surface area contributed by atoms with Crippen molar-refractivity contribution in [1.29, 1.82) is 0 Å². The van der Waals surface area contributed by atoms with E-state index in [-0.39, 0.29) is 0 Å². The molecule has 0 unspecified atom stereocenters. The predicted molar refractivity (Wildman–Crippen MR) is 102 cm³/mol. The molecular formula is C21H21N3O. The van der Waals surface area contributed by atoms with Gasteiger partial charge in [-0.15, -0.1) is 0 Å². The van der Waals surface area contributed by atoms with E-state index in [0.29, 0.717) is 13.2 Å². The number of aromatic nitrogens is 2. The van der Waals surface area contributed by atoms with Crippen molar-refractivity contribution >= 4 is 21.8 Å². The van der Waals surface area contributed by atoms with Crippen molar-refractivity contribution in [3.05, 3.63) is 72.1 Å². The lowest BCUT2D eigenvalue weighted by Crippen LogP contribution is -2.15. The van der Waals surface area contributed by atoms with E-state index in [4.69, 9.17) is 4.74 Å². The molecule has 0 radical (unpaired) electrons. The van der Waals surface area contributed by atoms with Gasteiger partial charge in [-0.1, -0.05) is 42.5 Å². The number of nitrogens with one attached hydrogen (secondary N) is 2. The molecule has 4 heteroatoms. The molecule has 0 amide bonds. The van der Waals surface area contributed by atoms with Crippen molar-refractivity contribution in [2.24, 2.45) is 0 Å². The van der Waals surface area contributed by atoms with Gasteiger partial charge in [0.15, 0.2) is 0 Å². The minimum Gasteiger partial charge on any atom is -0.494 e. The van der Waals surface area contributed by atoms with Gasteiger partial charge in [-0.3, -0.25) is 0 Å². The molecule has 0 saturated heterocycles. The van der Waals surface area contributed by atoms with Gasteiger partial charge >= 0.3 is 0 Å². The summed E-state index contributed by atoms with van der Waals surface area (Å²) in [5.41, 5.74) is 3.26. The van der Waals surface area contributed by atoms with E-state index in [1.54, 1.807) is 0 Å². The SMILES string of the molecule is CCOc1ccc2ccccc2c1CNCc1nc2ccccc2[nH]1. The Kier molecular flexibility index (Phi) is 4.36. The number of hydrogen-bond acceptors (Lipinski definition) is 3. The second-order valence-corrected chi connectivity index (χ2v) is 6.00. The largest absolute Gasteiger partial charge is 0.494 e. The number of benzene rings is 3. The Morgan fingerprint density at radius 2 is 1.80 bits per heavy atom. The molecule has 1 heterocycles. The summed E-state index contributed by atoms with van der Waals surface area (Å²) in [6, 6.07) is 20.7. The second kappa shape index (κ2) is 6.95. The van der Waals surface area contributed by atoms with Crippen molar-refractivity contribution in [3.63, 3.8) is 0 Å². The third kappa shape index (κ3) is 3.21. The molecule has 0 aliphatic heterocycles. The van der Waals surface area contributed by atoms with Crippen LogP contribution in [-0.2, 0) is 13.1 Å². The zero-order valence-electron chi connectivity index (χ0n) is 14.3. The highest BCUT2D eigenvalue weighted by molar-refractivity contribution is 5.87. The maximum Gasteiger partial charge on any atom is 0.124 e. The first-order valence-corrected chi connectivity index (χ1v) is 8.63. The number of para-hydroxylation sites is 2. The van der Waals surface area contributed by atoms with E-state index in [2.05, 4.69) is 51.7 Å². The summed E-state index contributed by atoms with van der Waals surface area (Å²) < 4.78 is 5.83. The van der Waals surface area contributed by atoms with E-state index in [1.807, 2.05) is 31.2 Å². The summed E-state index contributed by atoms with van der Waals surface area (Å²) in [6.45, 7) is 4.09. The summed E-state index contributed by atoms with van der Waals surface area (Å²) >= 11 is 0. The molecule has 0 atom stereocenters. The molecule has 0 aliphatic rings. The maximum atomic E-state index is 5.83. The van der Waals surface area contributed by atoms with Crippen molar-refractivity contribution in [2.45, 2.75) is 20.0 Å². The number of H-pyrrole nitrogens is 1. The Balaban J connectivity index is 1.56. The summed E-state index contributed by atoms with van der Waals surface area (Å²) in [6.07, 6.45) is 0. The summed E-state index contributed by atoms with van der Waals surface area (Å²) in [5, 5.41) is 5.95. The molecule has 0 saturated carbocycles. The molecule has 4 nitrogen and oxygen atoms in total. The van der Waals surface area contributed by atoms with Gasteiger partial charge < -0.3 is 15.0 Å². The van der Waals surface area contributed by atoms with Crippen LogP contribution in [0.4, 0.5) is 0 Å². The fraction of sp³-hybridized carbons (Fsp3) is 0.190. The Morgan fingerprint density at radius 3 is 2.68 bits per heavy atom. The number of ether oxygens (including phenoxy) is 1. The third-order valence-corrected chi connectivity index (χ3v) is 4.33. The highest BCUT2D eigenvalue weighted by Gasteiger charge is 2.09. The number of hydrogen-bond donors (Lipinski definition) is 2. The van der Waals surface area contributed by atoms with Crippen molar-refractivity contribution in [1.82, 2.24) is 15.3 Å². The van der Waals surface area contributed by atoms with Crippen LogP contribution in [-0.4, -0.2) is 16.6 Å². The van der Waals surface area contributed by atoms with Crippen LogP contribution in [0.25, 0.3) is 21.8 Å². The van der Waals surface area contributed by atoms with Gasteiger partial charge in [0.25, 0.3) is 0 Å². The highest BCUT2D eigenvalue weighted by Crippen LogP contribution is 2.28. The first-order valence-electron chi connectivity index (χ1n) is 8.63. The molecule has 126 valence electrons. The lowest BCUT2D eigenvalue weighted by atomic mass is 10.0. The van der Waals surface area contributed by atoms with Gasteiger partial charge in [-0.05, 0) is 35.9 Å². The van der Waals surface area contributed by atoms with Crippen LogP contribution in [0.15, 0.2) is 60.7 Å². The molecule has 0 fully saturated rings. The van der Waals surface area contributed by atoms with Crippen LogP contribution in [0.2, 0.25) is 0 Å². The third-order valence-electron chi connectivity index (χ3n) is 4.33. The molecule has 0 aliphatic carbocycles. The number of aromatic amines is 1. The van der Waals surface area contributed by atoms with Crippen molar-refractivity contribution < 1.29 is 4.74 Å². The first kappa shape index (κ1) is 15.7. The first-order chi connectivity index (χ1) is 12.3. The minimum atomic E-state index is 0.662. The standard InChI is InChI=1S/C21H21N3O/c1-2-25-20-12-11-15-7-3-4-8-16(15)17(20)13-22-14-21-23-18-9-5-6-10-19(18)24-21/h3-12,22H,2,13-14H2,1H3,(H,23,24). The maximum absolute atomic E-state index is 5.83. The zero-order chi connectivity index (χ0) is 17.1. The lowest BCUT2D eigenvalue weighted by molar-refractivity contribution is 0.336. The molecule has 4 rings (SSSR count). The Morgan fingerprint density at radius 1 is 0.960 bits per heavy atom. The number of imidazole rings is 1. The quantitative estimate of drug-likeness (QED) is 0.550. The summed E-state index contributed by atoms with van der Waals surface area (Å²) in [5.74, 6) is 1.89. The van der Waals surface area contributed by atoms with Crippen LogP contribution in [0.5, 0.6) is 5.75 Å². The van der Waals surface area contributed by atoms with Crippen molar-refractivity contribution in [2.75, 3.05) is 6.61 Å². The van der Waals surface area contributed by atoms with Gasteiger partial charge in [0.2, 0.25) is 0 Å². The average Bonchev–Trinajstić information content (AvgIpc) is 3.06. The molecule has 1 aromatic heterocycles. The van der Waals surface area contributed by atoms with E-state index < -0.39 is 0 Å². The van der Waals surface area contributed by atoms with Gasteiger partial charge in [0, 0.05) is 12.1 Å². The van der Waals surface area contributed by atoms with E-state index in [9.17, 15) is 0 Å². The highest BCUT2D eigenvalue weighted by atomic mass is 16.5. The van der Waals surface area contributed by atoms with Crippen LogP contribution in [0.1, 0.15) is 18.3 Å². The Labute approximate surface area is 146 Å². The summed E-state index contributed by atoms with van der Waals surface area (Å²) in [7, 11) is 0. The zero-order valence-corrected chi connectivity index (χ0v) is 14.3. The lowest BCUT2D eigenvalue weighted by Gasteiger charge is -2.14. The summed E-state index contributed by atoms with van der Waals surface area (Å²) in [4.78, 5) is 7.97. The van der Waals surface area contributed by atoms with E-state index in [1.165, 1.54) is 16.3 Å². The molecule has 0 spiro atoms. The molecule has 25 heavy (non-hydrogen) atoms. The molecule has 0 bridgehead atoms. The van der Waals surface area contributed by atoms with E-state index >= 15 is 0 Å². The molecule has 2 N–H and O–H groups in total. The van der Waals surface area contributed by atoms with Crippen LogP contribution in [0.3, 0.4) is 0 Å². The number of rotatable bonds is 6. The smallest absolute Gasteiger partial charge is 0.124 e. The van der Waals surface area contributed by atoms with Gasteiger partial charge in [-0.2, -0.15) is 0 Å². The topological polar surface area (TPSA) is 49.9 Å². The monoisotopic (exact) mass is 331 g/mol. The van der Waals surface area contributed by atoms with Gasteiger partial charge in [0.05, 0.1) is 24.2 Å².